The largest absolute Gasteiger partial charge is 0.508 e. The third kappa shape index (κ3) is 7.93. The molecule has 1 aromatic carbocycles. The molecule has 2 rings (SSSR count). The monoisotopic (exact) mass is 434 g/mol. The summed E-state index contributed by atoms with van der Waals surface area (Å²) in [6, 6.07) is 1.24. The Labute approximate surface area is 187 Å². The van der Waals surface area contributed by atoms with E-state index in [4.69, 9.17) is 0 Å². The number of carboxylic acid groups (broad SMARTS) is 1. The van der Waals surface area contributed by atoms with Crippen LogP contribution in [0.3, 0.4) is 0 Å². The summed E-state index contributed by atoms with van der Waals surface area (Å²) in [5.41, 5.74) is 1.33. The van der Waals surface area contributed by atoms with Crippen LogP contribution in [-0.2, 0) is 17.6 Å². The molecule has 1 saturated carbocycles. The maximum Gasteiger partial charge on any atom is 0.309 e. The molecule has 0 saturated heterocycles. The van der Waals surface area contributed by atoms with Gasteiger partial charge in [0.05, 0.1) is 5.41 Å². The number of benzene rings is 1. The van der Waals surface area contributed by atoms with Crippen molar-refractivity contribution in [1.82, 2.24) is 0 Å². The van der Waals surface area contributed by atoms with Gasteiger partial charge in [-0.05, 0) is 56.8 Å². The maximum atomic E-state index is 11.2. The first kappa shape index (κ1) is 25.4. The number of unbranched alkanes of at least 4 members (excludes halogenated alkanes) is 6. The molecule has 0 heterocycles. The highest BCUT2D eigenvalue weighted by Gasteiger charge is 2.49. The Hall–Kier alpha value is -1.91. The zero-order valence-corrected chi connectivity index (χ0v) is 19.7. The van der Waals surface area contributed by atoms with Crippen LogP contribution >= 0.6 is 0 Å². The van der Waals surface area contributed by atoms with Crippen molar-refractivity contribution in [3.05, 3.63) is 17.2 Å². The summed E-state index contributed by atoms with van der Waals surface area (Å²) in [5.74, 6) is -0.963. The number of rotatable bonds is 14. The minimum atomic E-state index is -0.657. The standard InChI is InChI=1S/C26H42O5/c1-25(2,3)14-10-6-4-8-12-19-20(23(29)22(28)18-21(19)27)13-9-5-7-11-15-26(16-17-26)24(30)31/h18,27-29H,4-17H2,1-3H3,(H,30,31). The lowest BCUT2D eigenvalue weighted by Gasteiger charge is -2.17. The van der Waals surface area contributed by atoms with Gasteiger partial charge < -0.3 is 20.4 Å². The molecule has 0 spiro atoms. The number of carboxylic acids is 1. The molecule has 5 heteroatoms. The molecule has 0 atom stereocenters. The van der Waals surface area contributed by atoms with Gasteiger partial charge in [0.2, 0.25) is 0 Å². The summed E-state index contributed by atoms with van der Waals surface area (Å²) >= 11 is 0. The quantitative estimate of drug-likeness (QED) is 0.148. The van der Waals surface area contributed by atoms with Crippen molar-refractivity contribution in [2.75, 3.05) is 0 Å². The number of aromatic hydroxyl groups is 3. The smallest absolute Gasteiger partial charge is 0.309 e. The molecule has 1 aliphatic rings. The Balaban J connectivity index is 1.79. The highest BCUT2D eigenvalue weighted by molar-refractivity contribution is 5.77. The number of phenols is 3. The highest BCUT2D eigenvalue weighted by atomic mass is 16.4. The molecule has 176 valence electrons. The van der Waals surface area contributed by atoms with Crippen LogP contribution in [0.1, 0.15) is 109 Å². The van der Waals surface area contributed by atoms with Gasteiger partial charge in [-0.2, -0.15) is 0 Å². The van der Waals surface area contributed by atoms with E-state index in [2.05, 4.69) is 20.8 Å². The van der Waals surface area contributed by atoms with Gasteiger partial charge in [0, 0.05) is 17.2 Å². The fourth-order valence-corrected chi connectivity index (χ4v) is 4.44. The zero-order valence-electron chi connectivity index (χ0n) is 19.7. The second kappa shape index (κ2) is 11.1. The Bertz CT molecular complexity index is 728. The first-order chi connectivity index (χ1) is 14.6. The third-order valence-corrected chi connectivity index (χ3v) is 6.72. The number of hydrogen-bond acceptors (Lipinski definition) is 4. The number of hydrogen-bond donors (Lipinski definition) is 4. The van der Waals surface area contributed by atoms with E-state index in [9.17, 15) is 25.2 Å². The van der Waals surface area contributed by atoms with E-state index in [1.165, 1.54) is 18.9 Å². The van der Waals surface area contributed by atoms with E-state index in [1.807, 2.05) is 0 Å². The summed E-state index contributed by atoms with van der Waals surface area (Å²) in [7, 11) is 0. The van der Waals surface area contributed by atoms with E-state index in [0.29, 0.717) is 23.8 Å². The molecule has 1 aliphatic carbocycles. The SMILES string of the molecule is CC(C)(C)CCCCCCc1c(O)cc(O)c(O)c1CCCCCCC1(C(=O)O)CC1. The van der Waals surface area contributed by atoms with E-state index in [0.717, 1.165) is 69.8 Å². The highest BCUT2D eigenvalue weighted by Crippen LogP contribution is 2.50. The van der Waals surface area contributed by atoms with Gasteiger partial charge in [-0.3, -0.25) is 4.79 Å². The minimum absolute atomic E-state index is 0.0668. The van der Waals surface area contributed by atoms with Gasteiger partial charge in [-0.1, -0.05) is 59.3 Å². The molecule has 0 radical (unpaired) electrons. The molecule has 0 aliphatic heterocycles. The van der Waals surface area contributed by atoms with Crippen LogP contribution in [0, 0.1) is 10.8 Å². The second-order valence-electron chi connectivity index (χ2n) is 10.7. The summed E-state index contributed by atoms with van der Waals surface area (Å²) in [4.78, 5) is 11.2. The summed E-state index contributed by atoms with van der Waals surface area (Å²) in [6.07, 6.45) is 12.9. The number of carbonyl (C=O) groups is 1. The molecular weight excluding hydrogens is 392 g/mol. The van der Waals surface area contributed by atoms with Gasteiger partial charge in [-0.15, -0.1) is 0 Å². The Morgan fingerprint density at radius 2 is 1.39 bits per heavy atom. The van der Waals surface area contributed by atoms with Crippen molar-refractivity contribution in [2.45, 2.75) is 111 Å². The van der Waals surface area contributed by atoms with E-state index in [-0.39, 0.29) is 17.2 Å². The molecule has 0 unspecified atom stereocenters. The average molecular weight is 435 g/mol. The van der Waals surface area contributed by atoms with Crippen LogP contribution in [0.2, 0.25) is 0 Å². The lowest BCUT2D eigenvalue weighted by Crippen LogP contribution is -2.14. The van der Waals surface area contributed by atoms with E-state index >= 15 is 0 Å². The lowest BCUT2D eigenvalue weighted by atomic mass is 9.89. The number of aliphatic carboxylic acids is 1. The van der Waals surface area contributed by atoms with Crippen LogP contribution in [-0.4, -0.2) is 26.4 Å². The molecule has 5 nitrogen and oxygen atoms in total. The van der Waals surface area contributed by atoms with Crippen molar-refractivity contribution >= 4 is 5.97 Å². The maximum absolute atomic E-state index is 11.2. The first-order valence-electron chi connectivity index (χ1n) is 12.0. The zero-order chi connectivity index (χ0) is 23.1. The predicted molar refractivity (Wildman–Crippen MR) is 124 cm³/mol. The van der Waals surface area contributed by atoms with Gasteiger partial charge >= 0.3 is 5.97 Å². The molecule has 1 fully saturated rings. The van der Waals surface area contributed by atoms with Gasteiger partial charge in [0.1, 0.15) is 5.75 Å². The molecular formula is C26H42O5. The average Bonchev–Trinajstić information content (AvgIpc) is 3.46. The van der Waals surface area contributed by atoms with Crippen LogP contribution in [0.15, 0.2) is 6.07 Å². The topological polar surface area (TPSA) is 98.0 Å². The second-order valence-corrected chi connectivity index (χ2v) is 10.7. The van der Waals surface area contributed by atoms with Crippen molar-refractivity contribution in [3.8, 4) is 17.2 Å². The Morgan fingerprint density at radius 3 is 1.94 bits per heavy atom. The minimum Gasteiger partial charge on any atom is -0.508 e. The van der Waals surface area contributed by atoms with Crippen molar-refractivity contribution < 1.29 is 25.2 Å². The normalized spacial score (nSPS) is 15.2. The van der Waals surface area contributed by atoms with Crippen LogP contribution in [0.25, 0.3) is 0 Å². The summed E-state index contributed by atoms with van der Waals surface area (Å²) in [6.45, 7) is 6.77. The Morgan fingerprint density at radius 1 is 0.839 bits per heavy atom. The molecule has 0 bridgehead atoms. The van der Waals surface area contributed by atoms with Crippen LogP contribution in [0.4, 0.5) is 0 Å². The molecule has 1 aromatic rings. The molecule has 0 amide bonds. The lowest BCUT2D eigenvalue weighted by molar-refractivity contribution is -0.143. The molecule has 4 N–H and O–H groups in total. The van der Waals surface area contributed by atoms with E-state index < -0.39 is 11.4 Å². The fourth-order valence-electron chi connectivity index (χ4n) is 4.44. The first-order valence-corrected chi connectivity index (χ1v) is 12.0. The van der Waals surface area contributed by atoms with Crippen molar-refractivity contribution in [3.63, 3.8) is 0 Å². The van der Waals surface area contributed by atoms with Crippen molar-refractivity contribution in [2.24, 2.45) is 10.8 Å². The fraction of sp³-hybridized carbons (Fsp3) is 0.731. The summed E-state index contributed by atoms with van der Waals surface area (Å²) in [5, 5.41) is 39.9. The van der Waals surface area contributed by atoms with E-state index in [1.54, 1.807) is 0 Å². The Kier molecular flexibility index (Phi) is 9.08. The van der Waals surface area contributed by atoms with Gasteiger partial charge in [0.25, 0.3) is 0 Å². The van der Waals surface area contributed by atoms with Gasteiger partial charge in [0.15, 0.2) is 11.5 Å². The predicted octanol–water partition coefficient (Wildman–Crippen LogP) is 6.70. The summed E-state index contributed by atoms with van der Waals surface area (Å²) < 4.78 is 0. The van der Waals surface area contributed by atoms with Crippen molar-refractivity contribution in [1.29, 1.82) is 0 Å². The van der Waals surface area contributed by atoms with Gasteiger partial charge in [-0.25, -0.2) is 0 Å². The number of phenolic OH excluding ortho intramolecular Hbond substituents is 3. The molecule has 31 heavy (non-hydrogen) atoms. The van der Waals surface area contributed by atoms with Crippen LogP contribution < -0.4 is 0 Å². The third-order valence-electron chi connectivity index (χ3n) is 6.72. The van der Waals surface area contributed by atoms with Crippen LogP contribution in [0.5, 0.6) is 17.2 Å². The molecule has 0 aromatic heterocycles.